The summed E-state index contributed by atoms with van der Waals surface area (Å²) in [4.78, 5) is 27.6. The van der Waals surface area contributed by atoms with Gasteiger partial charge in [0.05, 0.1) is 6.10 Å². The summed E-state index contributed by atoms with van der Waals surface area (Å²) in [6.07, 6.45) is 2.05. The summed E-state index contributed by atoms with van der Waals surface area (Å²) in [7, 11) is 0. The maximum absolute atomic E-state index is 11.9. The molecule has 0 aliphatic heterocycles. The molecule has 140 valence electrons. The lowest BCUT2D eigenvalue weighted by atomic mass is 10.2. The molecule has 0 bridgehead atoms. The molecule has 1 rings (SSSR count). The number of alkyl carbamates (subject to hydrolysis) is 1. The van der Waals surface area contributed by atoms with Crippen molar-refractivity contribution in [1.82, 2.24) is 15.6 Å². The van der Waals surface area contributed by atoms with Crippen LogP contribution in [0.4, 0.5) is 4.79 Å². The van der Waals surface area contributed by atoms with Crippen molar-refractivity contribution < 1.29 is 19.1 Å². The SMILES string of the molecule is CC(C)Oc1ncccc1CNC(=O)CCCNC(=O)OC(C)(C)C. The minimum Gasteiger partial charge on any atom is -0.475 e. The molecule has 0 atom stereocenters. The summed E-state index contributed by atoms with van der Waals surface area (Å²) in [5, 5.41) is 5.46. The van der Waals surface area contributed by atoms with Crippen molar-refractivity contribution in [2.45, 2.75) is 65.7 Å². The number of pyridine rings is 1. The molecule has 0 fully saturated rings. The molecule has 1 aromatic rings. The lowest BCUT2D eigenvalue weighted by Gasteiger charge is -2.19. The molecule has 2 N–H and O–H groups in total. The smallest absolute Gasteiger partial charge is 0.407 e. The van der Waals surface area contributed by atoms with Crippen LogP contribution in [0.2, 0.25) is 0 Å². The maximum atomic E-state index is 11.9. The highest BCUT2D eigenvalue weighted by Crippen LogP contribution is 2.15. The van der Waals surface area contributed by atoms with Gasteiger partial charge < -0.3 is 20.1 Å². The number of nitrogens with zero attached hydrogens (tertiary/aromatic N) is 1. The lowest BCUT2D eigenvalue weighted by Crippen LogP contribution is -2.33. The average molecular weight is 351 g/mol. The van der Waals surface area contributed by atoms with Gasteiger partial charge in [-0.05, 0) is 47.1 Å². The third-order valence-corrected chi connectivity index (χ3v) is 2.92. The monoisotopic (exact) mass is 351 g/mol. The number of rotatable bonds is 8. The van der Waals surface area contributed by atoms with E-state index in [1.807, 2.05) is 19.9 Å². The quantitative estimate of drug-likeness (QED) is 0.703. The molecule has 25 heavy (non-hydrogen) atoms. The number of nitrogens with one attached hydrogen (secondary N) is 2. The lowest BCUT2D eigenvalue weighted by molar-refractivity contribution is -0.121. The molecule has 7 heteroatoms. The van der Waals surface area contributed by atoms with Crippen LogP contribution in [-0.2, 0) is 16.1 Å². The highest BCUT2D eigenvalue weighted by atomic mass is 16.6. The van der Waals surface area contributed by atoms with E-state index in [4.69, 9.17) is 9.47 Å². The minimum atomic E-state index is -0.527. The summed E-state index contributed by atoms with van der Waals surface area (Å²) >= 11 is 0. The molecule has 0 radical (unpaired) electrons. The van der Waals surface area contributed by atoms with Gasteiger partial charge in [0.1, 0.15) is 5.60 Å². The van der Waals surface area contributed by atoms with Crippen LogP contribution in [0.5, 0.6) is 5.88 Å². The molecule has 2 amide bonds. The molecule has 0 aromatic carbocycles. The molecule has 7 nitrogen and oxygen atoms in total. The molecule has 0 unspecified atom stereocenters. The van der Waals surface area contributed by atoms with Crippen molar-refractivity contribution in [2.24, 2.45) is 0 Å². The van der Waals surface area contributed by atoms with Crippen LogP contribution in [0.25, 0.3) is 0 Å². The zero-order valence-electron chi connectivity index (χ0n) is 15.7. The fraction of sp³-hybridized carbons (Fsp3) is 0.611. The van der Waals surface area contributed by atoms with E-state index in [0.717, 1.165) is 5.56 Å². The van der Waals surface area contributed by atoms with Crippen molar-refractivity contribution in [1.29, 1.82) is 0 Å². The second kappa shape index (κ2) is 9.86. The Hall–Kier alpha value is -2.31. The second-order valence-corrected chi connectivity index (χ2v) is 6.94. The second-order valence-electron chi connectivity index (χ2n) is 6.94. The summed E-state index contributed by atoms with van der Waals surface area (Å²) < 4.78 is 10.7. The van der Waals surface area contributed by atoms with Crippen LogP contribution in [0.15, 0.2) is 18.3 Å². The van der Waals surface area contributed by atoms with Crippen LogP contribution in [0.3, 0.4) is 0 Å². The predicted octanol–water partition coefficient (Wildman–Crippen LogP) is 2.79. The van der Waals surface area contributed by atoms with Crippen molar-refractivity contribution in [2.75, 3.05) is 6.54 Å². The standard InChI is InChI=1S/C18H29N3O4/c1-13(2)24-16-14(8-6-10-19-16)12-21-15(22)9-7-11-20-17(23)25-18(3,4)5/h6,8,10,13H,7,9,11-12H2,1-5H3,(H,20,23)(H,21,22). The Balaban J connectivity index is 2.29. The van der Waals surface area contributed by atoms with E-state index in [2.05, 4.69) is 15.6 Å². The van der Waals surface area contributed by atoms with Crippen LogP contribution in [0.1, 0.15) is 53.0 Å². The number of hydrogen-bond donors (Lipinski definition) is 2. The van der Waals surface area contributed by atoms with E-state index in [-0.39, 0.29) is 12.0 Å². The van der Waals surface area contributed by atoms with Crippen molar-refractivity contribution >= 4 is 12.0 Å². The largest absolute Gasteiger partial charge is 0.475 e. The molecule has 0 saturated carbocycles. The highest BCUT2D eigenvalue weighted by molar-refractivity contribution is 5.76. The normalized spacial score (nSPS) is 11.1. The molecule has 0 aliphatic rings. The first kappa shape index (κ1) is 20.7. The fourth-order valence-electron chi connectivity index (χ4n) is 1.92. The van der Waals surface area contributed by atoms with Gasteiger partial charge in [-0.25, -0.2) is 9.78 Å². The van der Waals surface area contributed by atoms with Gasteiger partial charge in [-0.15, -0.1) is 0 Å². The predicted molar refractivity (Wildman–Crippen MR) is 95.3 cm³/mol. The van der Waals surface area contributed by atoms with Gasteiger partial charge in [0.2, 0.25) is 11.8 Å². The van der Waals surface area contributed by atoms with E-state index in [0.29, 0.717) is 31.8 Å². The van der Waals surface area contributed by atoms with Crippen molar-refractivity contribution in [3.8, 4) is 5.88 Å². The van der Waals surface area contributed by atoms with Gasteiger partial charge in [-0.2, -0.15) is 0 Å². The number of ether oxygens (including phenoxy) is 2. The zero-order valence-corrected chi connectivity index (χ0v) is 15.7. The minimum absolute atomic E-state index is 0.0169. The molecule has 1 heterocycles. The van der Waals surface area contributed by atoms with Crippen LogP contribution >= 0.6 is 0 Å². The Bertz CT molecular complexity index is 568. The maximum Gasteiger partial charge on any atom is 0.407 e. The van der Waals surface area contributed by atoms with E-state index < -0.39 is 11.7 Å². The molecule has 0 spiro atoms. The van der Waals surface area contributed by atoms with Crippen molar-refractivity contribution in [3.63, 3.8) is 0 Å². The molecular formula is C18H29N3O4. The Morgan fingerprint density at radius 1 is 1.24 bits per heavy atom. The molecule has 0 saturated heterocycles. The first-order valence-corrected chi connectivity index (χ1v) is 8.51. The third-order valence-electron chi connectivity index (χ3n) is 2.92. The van der Waals surface area contributed by atoms with Crippen LogP contribution < -0.4 is 15.4 Å². The Morgan fingerprint density at radius 2 is 1.96 bits per heavy atom. The summed E-state index contributed by atoms with van der Waals surface area (Å²) in [5.74, 6) is 0.440. The Labute approximate surface area is 149 Å². The first-order chi connectivity index (χ1) is 11.7. The molecule has 0 aliphatic carbocycles. The summed E-state index contributed by atoms with van der Waals surface area (Å²) in [5.41, 5.74) is 0.303. The van der Waals surface area contributed by atoms with Gasteiger partial charge in [0.25, 0.3) is 0 Å². The van der Waals surface area contributed by atoms with E-state index in [9.17, 15) is 9.59 Å². The van der Waals surface area contributed by atoms with Crippen LogP contribution in [0, 0.1) is 0 Å². The first-order valence-electron chi connectivity index (χ1n) is 8.51. The summed E-state index contributed by atoms with van der Waals surface area (Å²) in [6, 6.07) is 3.68. The number of hydrogen-bond acceptors (Lipinski definition) is 5. The summed E-state index contributed by atoms with van der Waals surface area (Å²) in [6.45, 7) is 10.00. The number of carbonyl (C=O) groups excluding carboxylic acids is 2. The Kier molecular flexibility index (Phi) is 8.18. The average Bonchev–Trinajstić information content (AvgIpc) is 2.48. The highest BCUT2D eigenvalue weighted by Gasteiger charge is 2.15. The Morgan fingerprint density at radius 3 is 2.60 bits per heavy atom. The van der Waals surface area contributed by atoms with Crippen molar-refractivity contribution in [3.05, 3.63) is 23.9 Å². The van der Waals surface area contributed by atoms with E-state index in [1.54, 1.807) is 33.0 Å². The van der Waals surface area contributed by atoms with E-state index in [1.165, 1.54) is 0 Å². The van der Waals surface area contributed by atoms with Gasteiger partial charge in [-0.3, -0.25) is 4.79 Å². The van der Waals surface area contributed by atoms with Gasteiger partial charge in [0.15, 0.2) is 0 Å². The topological polar surface area (TPSA) is 89.5 Å². The number of amides is 2. The number of carbonyl (C=O) groups is 2. The van der Waals surface area contributed by atoms with Crippen LogP contribution in [-0.4, -0.2) is 35.2 Å². The fourth-order valence-corrected chi connectivity index (χ4v) is 1.92. The zero-order chi connectivity index (χ0) is 18.9. The molecule has 1 aromatic heterocycles. The van der Waals surface area contributed by atoms with Gasteiger partial charge in [-0.1, -0.05) is 6.07 Å². The third kappa shape index (κ3) is 9.54. The van der Waals surface area contributed by atoms with E-state index >= 15 is 0 Å². The van der Waals surface area contributed by atoms with Gasteiger partial charge >= 0.3 is 6.09 Å². The number of aromatic nitrogens is 1. The van der Waals surface area contributed by atoms with Gasteiger partial charge in [0, 0.05) is 31.3 Å². The molecular weight excluding hydrogens is 322 g/mol.